The minimum absolute atomic E-state index is 0.0340. The van der Waals surface area contributed by atoms with Crippen molar-refractivity contribution in [2.24, 2.45) is 11.8 Å². The van der Waals surface area contributed by atoms with E-state index >= 15 is 0 Å². The zero-order valence-corrected chi connectivity index (χ0v) is 15.3. The minimum Gasteiger partial charge on any atom is -0.464 e. The zero-order chi connectivity index (χ0) is 18.4. The summed E-state index contributed by atoms with van der Waals surface area (Å²) >= 11 is 0. The lowest BCUT2D eigenvalue weighted by Crippen LogP contribution is -2.44. The fourth-order valence-corrected chi connectivity index (χ4v) is 3.40. The van der Waals surface area contributed by atoms with E-state index in [4.69, 9.17) is 13.9 Å². The number of hydrogen-bond acceptors (Lipinski definition) is 5. The Labute approximate surface area is 153 Å². The molecule has 2 N–H and O–H groups in total. The molecule has 144 valence electrons. The van der Waals surface area contributed by atoms with Crippen molar-refractivity contribution >= 4 is 11.8 Å². The van der Waals surface area contributed by atoms with E-state index < -0.39 is 6.04 Å². The molecule has 0 aromatic carbocycles. The molecule has 2 aliphatic heterocycles. The summed E-state index contributed by atoms with van der Waals surface area (Å²) < 4.78 is 16.5. The van der Waals surface area contributed by atoms with Crippen LogP contribution in [0.5, 0.6) is 0 Å². The quantitative estimate of drug-likeness (QED) is 0.802. The van der Waals surface area contributed by atoms with Gasteiger partial charge in [-0.25, -0.2) is 0 Å². The molecule has 1 aromatic rings. The van der Waals surface area contributed by atoms with Crippen LogP contribution < -0.4 is 10.6 Å². The number of ether oxygens (including phenoxy) is 2. The maximum Gasteiger partial charge on any atom is 0.226 e. The molecule has 0 aliphatic carbocycles. The molecule has 7 nitrogen and oxygen atoms in total. The molecule has 0 spiro atoms. The Morgan fingerprint density at radius 2 is 1.73 bits per heavy atom. The Balaban J connectivity index is 1.59. The van der Waals surface area contributed by atoms with Crippen molar-refractivity contribution in [2.45, 2.75) is 38.6 Å². The second kappa shape index (κ2) is 9.19. The number of carbonyl (C=O) groups excluding carboxylic acids is 2. The van der Waals surface area contributed by atoms with Gasteiger partial charge >= 0.3 is 0 Å². The second-order valence-electron chi connectivity index (χ2n) is 7.08. The van der Waals surface area contributed by atoms with Gasteiger partial charge in [-0.05, 0) is 44.7 Å². The summed E-state index contributed by atoms with van der Waals surface area (Å²) in [5, 5.41) is 5.96. The van der Waals surface area contributed by atoms with E-state index in [0.717, 1.165) is 38.1 Å². The molecule has 0 saturated carbocycles. The van der Waals surface area contributed by atoms with Crippen molar-refractivity contribution in [3.05, 3.63) is 23.7 Å². The fourth-order valence-electron chi connectivity index (χ4n) is 3.40. The molecule has 2 fully saturated rings. The summed E-state index contributed by atoms with van der Waals surface area (Å²) in [5.74, 6) is 1.06. The van der Waals surface area contributed by atoms with Gasteiger partial charge in [-0.1, -0.05) is 0 Å². The molecule has 2 aliphatic rings. The number of hydrogen-bond donors (Lipinski definition) is 2. The van der Waals surface area contributed by atoms with Crippen molar-refractivity contribution in [3.63, 3.8) is 0 Å². The summed E-state index contributed by atoms with van der Waals surface area (Å²) in [6.07, 6.45) is 3.45. The number of carbonyl (C=O) groups is 2. The van der Waals surface area contributed by atoms with Crippen LogP contribution in [-0.4, -0.2) is 44.8 Å². The summed E-state index contributed by atoms with van der Waals surface area (Å²) in [6, 6.07) is 3.30. The molecule has 7 heteroatoms. The number of rotatable bonds is 6. The Kier molecular flexibility index (Phi) is 6.68. The third-order valence-corrected chi connectivity index (χ3v) is 4.96. The van der Waals surface area contributed by atoms with E-state index in [1.807, 2.05) is 19.1 Å². The van der Waals surface area contributed by atoms with Gasteiger partial charge < -0.3 is 24.5 Å². The predicted molar refractivity (Wildman–Crippen MR) is 94.4 cm³/mol. The average molecular weight is 364 g/mol. The highest BCUT2D eigenvalue weighted by Crippen LogP contribution is 2.20. The summed E-state index contributed by atoms with van der Waals surface area (Å²) in [6.45, 7) is 4.49. The maximum atomic E-state index is 12.6. The molecule has 3 rings (SSSR count). The molecule has 0 unspecified atom stereocenters. The van der Waals surface area contributed by atoms with Crippen LogP contribution in [0.3, 0.4) is 0 Å². The fraction of sp³-hybridized carbons (Fsp3) is 0.684. The summed E-state index contributed by atoms with van der Waals surface area (Å²) in [4.78, 5) is 24.9. The molecule has 3 heterocycles. The second-order valence-corrected chi connectivity index (χ2v) is 7.08. The highest BCUT2D eigenvalue weighted by Gasteiger charge is 2.27. The topological polar surface area (TPSA) is 89.8 Å². The molecular formula is C19H28N2O5. The Morgan fingerprint density at radius 1 is 1.08 bits per heavy atom. The van der Waals surface area contributed by atoms with E-state index in [9.17, 15) is 9.59 Å². The van der Waals surface area contributed by atoms with Crippen LogP contribution in [0.4, 0.5) is 0 Å². The lowest BCUT2D eigenvalue weighted by molar-refractivity contribution is -0.131. The standard InChI is InChI=1S/C19H28N2O5/c1-13-6-7-17(26-13)16(21-19(23)15-5-3-9-25-12-15)10-20-18(22)14-4-2-8-24-11-14/h6-7,14-16H,2-5,8-12H2,1H3,(H,20,22)(H,21,23)/t14-,15+,16+/m1/s1. The van der Waals surface area contributed by atoms with Crippen LogP contribution in [0.15, 0.2) is 16.5 Å². The normalized spacial score (nSPS) is 24.7. The van der Waals surface area contributed by atoms with Gasteiger partial charge in [0.15, 0.2) is 0 Å². The Hall–Kier alpha value is -1.86. The van der Waals surface area contributed by atoms with E-state index in [1.165, 1.54) is 0 Å². The lowest BCUT2D eigenvalue weighted by atomic mass is 10.0. The van der Waals surface area contributed by atoms with Crippen LogP contribution in [0.1, 0.15) is 43.2 Å². The van der Waals surface area contributed by atoms with E-state index in [2.05, 4.69) is 10.6 Å². The largest absolute Gasteiger partial charge is 0.464 e. The first-order valence-corrected chi connectivity index (χ1v) is 9.43. The summed E-state index contributed by atoms with van der Waals surface area (Å²) in [5.41, 5.74) is 0. The van der Waals surface area contributed by atoms with Crippen LogP contribution in [0.25, 0.3) is 0 Å². The molecule has 26 heavy (non-hydrogen) atoms. The molecule has 0 bridgehead atoms. The monoisotopic (exact) mass is 364 g/mol. The van der Waals surface area contributed by atoms with Crippen LogP contribution in [-0.2, 0) is 19.1 Å². The molecule has 1 aromatic heterocycles. The number of aryl methyl sites for hydroxylation is 1. The van der Waals surface area contributed by atoms with Crippen molar-refractivity contribution in [1.29, 1.82) is 0 Å². The van der Waals surface area contributed by atoms with Crippen LogP contribution in [0.2, 0.25) is 0 Å². The van der Waals surface area contributed by atoms with Crippen molar-refractivity contribution in [3.8, 4) is 0 Å². The molecule has 0 radical (unpaired) electrons. The smallest absolute Gasteiger partial charge is 0.226 e. The maximum absolute atomic E-state index is 12.6. The van der Waals surface area contributed by atoms with Crippen molar-refractivity contribution in [2.75, 3.05) is 33.0 Å². The van der Waals surface area contributed by atoms with Gasteiger partial charge in [-0.2, -0.15) is 0 Å². The number of amides is 2. The zero-order valence-electron chi connectivity index (χ0n) is 15.3. The molecule has 2 saturated heterocycles. The number of furan rings is 1. The first kappa shape index (κ1) is 18.9. The van der Waals surface area contributed by atoms with Crippen molar-refractivity contribution < 1.29 is 23.5 Å². The van der Waals surface area contributed by atoms with Gasteiger partial charge in [0.25, 0.3) is 0 Å². The van der Waals surface area contributed by atoms with Crippen LogP contribution >= 0.6 is 0 Å². The average Bonchev–Trinajstić information content (AvgIpc) is 3.12. The van der Waals surface area contributed by atoms with Crippen molar-refractivity contribution in [1.82, 2.24) is 10.6 Å². The van der Waals surface area contributed by atoms with E-state index in [-0.39, 0.29) is 23.7 Å². The van der Waals surface area contributed by atoms with Gasteiger partial charge in [-0.15, -0.1) is 0 Å². The highest BCUT2D eigenvalue weighted by atomic mass is 16.5. The Bertz CT molecular complexity index is 603. The predicted octanol–water partition coefficient (Wildman–Crippen LogP) is 1.71. The Morgan fingerprint density at radius 3 is 2.27 bits per heavy atom. The van der Waals surface area contributed by atoms with E-state index in [0.29, 0.717) is 32.1 Å². The van der Waals surface area contributed by atoms with Crippen LogP contribution in [0, 0.1) is 18.8 Å². The SMILES string of the molecule is Cc1ccc([C@H](CNC(=O)[C@@H]2CCCOC2)NC(=O)[C@H]2CCCOC2)o1. The molecular weight excluding hydrogens is 336 g/mol. The van der Waals surface area contributed by atoms with Gasteiger partial charge in [-0.3, -0.25) is 9.59 Å². The molecule has 2 amide bonds. The van der Waals surface area contributed by atoms with Gasteiger partial charge in [0.2, 0.25) is 11.8 Å². The minimum atomic E-state index is -0.397. The first-order chi connectivity index (χ1) is 12.6. The van der Waals surface area contributed by atoms with E-state index in [1.54, 1.807) is 0 Å². The third kappa shape index (κ3) is 5.08. The molecule has 3 atom stereocenters. The number of nitrogens with one attached hydrogen (secondary N) is 2. The van der Waals surface area contributed by atoms with Gasteiger partial charge in [0.05, 0.1) is 25.0 Å². The first-order valence-electron chi connectivity index (χ1n) is 9.43. The third-order valence-electron chi connectivity index (χ3n) is 4.96. The van der Waals surface area contributed by atoms with Gasteiger partial charge in [0.1, 0.15) is 17.6 Å². The highest BCUT2D eigenvalue weighted by molar-refractivity contribution is 5.80. The van der Waals surface area contributed by atoms with Gasteiger partial charge in [0, 0.05) is 19.8 Å². The summed E-state index contributed by atoms with van der Waals surface area (Å²) in [7, 11) is 0. The lowest BCUT2D eigenvalue weighted by Gasteiger charge is -2.26.